The van der Waals surface area contributed by atoms with E-state index in [-0.39, 0.29) is 21.7 Å². The predicted molar refractivity (Wildman–Crippen MR) is 133 cm³/mol. The van der Waals surface area contributed by atoms with Crippen molar-refractivity contribution in [1.29, 1.82) is 0 Å². The summed E-state index contributed by atoms with van der Waals surface area (Å²) in [5.41, 5.74) is 2.98. The van der Waals surface area contributed by atoms with E-state index in [1.54, 1.807) is 0 Å². The zero-order valence-corrected chi connectivity index (χ0v) is 21.8. The third-order valence-electron chi connectivity index (χ3n) is 12.8. The summed E-state index contributed by atoms with van der Waals surface area (Å²) >= 11 is 0. The standard InChI is InChI=1S/C30H48O3/c1-18(2)8-9-21(31)19(3)20-12-13-28(7)24-11-10-23-26(4,5)25(33)22(32)16-30(23)17-29(24,30)15-14-27(20,28)6/h20-25,31-33H,1,3,8-17H2,2,4-7H3/t20-,21-,22-,23+,24+,25+,27-,28+,29+,30-/m1/s1. The fourth-order valence-electron chi connectivity index (χ4n) is 10.8. The fraction of sp³-hybridized carbons (Fsp3) is 0.867. The molecule has 0 amide bonds. The second-order valence-electron chi connectivity index (χ2n) is 14.2. The zero-order chi connectivity index (χ0) is 24.2. The van der Waals surface area contributed by atoms with E-state index in [1.807, 2.05) is 6.92 Å². The van der Waals surface area contributed by atoms with Gasteiger partial charge in [0, 0.05) is 0 Å². The quantitative estimate of drug-likeness (QED) is 0.443. The van der Waals surface area contributed by atoms with Crippen molar-refractivity contribution in [2.24, 2.45) is 44.8 Å². The van der Waals surface area contributed by atoms with Gasteiger partial charge in [-0.1, -0.05) is 39.8 Å². The molecule has 186 valence electrons. The second-order valence-corrected chi connectivity index (χ2v) is 14.2. The summed E-state index contributed by atoms with van der Waals surface area (Å²) in [6.07, 6.45) is 9.27. The summed E-state index contributed by atoms with van der Waals surface area (Å²) in [6.45, 7) is 20.0. The van der Waals surface area contributed by atoms with Crippen molar-refractivity contribution in [3.63, 3.8) is 0 Å². The Morgan fingerprint density at radius 2 is 1.58 bits per heavy atom. The molecule has 0 aromatic heterocycles. The predicted octanol–water partition coefficient (Wildman–Crippen LogP) is 6.03. The van der Waals surface area contributed by atoms with Crippen LogP contribution in [-0.4, -0.2) is 33.6 Å². The maximum atomic E-state index is 11.0. The largest absolute Gasteiger partial charge is 0.390 e. The lowest BCUT2D eigenvalue weighted by molar-refractivity contribution is -0.189. The van der Waals surface area contributed by atoms with Gasteiger partial charge in [0.1, 0.15) is 0 Å². The first kappa shape index (κ1) is 24.1. The van der Waals surface area contributed by atoms with E-state index in [1.165, 1.54) is 38.5 Å². The first-order chi connectivity index (χ1) is 15.3. The lowest BCUT2D eigenvalue weighted by atomic mass is 9.41. The van der Waals surface area contributed by atoms with Crippen LogP contribution in [0.1, 0.15) is 98.8 Å². The fourth-order valence-corrected chi connectivity index (χ4v) is 10.8. The minimum Gasteiger partial charge on any atom is -0.390 e. The third kappa shape index (κ3) is 2.85. The van der Waals surface area contributed by atoms with Crippen molar-refractivity contribution in [2.45, 2.75) is 117 Å². The Bertz CT molecular complexity index is 861. The Hall–Kier alpha value is -0.640. The summed E-state index contributed by atoms with van der Waals surface area (Å²) in [5.74, 6) is 1.59. The molecule has 5 fully saturated rings. The van der Waals surface area contributed by atoms with E-state index in [0.717, 1.165) is 36.8 Å². The average Bonchev–Trinajstić information content (AvgIpc) is 3.31. The van der Waals surface area contributed by atoms with Crippen LogP contribution in [0.5, 0.6) is 0 Å². The molecule has 5 aliphatic carbocycles. The molecule has 0 saturated heterocycles. The topological polar surface area (TPSA) is 60.7 Å². The molecular formula is C30H48O3. The maximum absolute atomic E-state index is 11.0. The third-order valence-corrected chi connectivity index (χ3v) is 12.8. The minimum absolute atomic E-state index is 0.184. The first-order valence-electron chi connectivity index (χ1n) is 13.6. The van der Waals surface area contributed by atoms with E-state index >= 15 is 0 Å². The molecule has 10 atom stereocenters. The monoisotopic (exact) mass is 456 g/mol. The minimum atomic E-state index is -0.605. The average molecular weight is 457 g/mol. The first-order valence-corrected chi connectivity index (χ1v) is 13.6. The molecule has 0 bridgehead atoms. The molecule has 2 spiro atoms. The van der Waals surface area contributed by atoms with Crippen LogP contribution in [0.25, 0.3) is 0 Å². The van der Waals surface area contributed by atoms with E-state index in [9.17, 15) is 15.3 Å². The lowest BCUT2D eigenvalue weighted by Gasteiger charge is -2.63. The van der Waals surface area contributed by atoms with Gasteiger partial charge in [-0.2, -0.15) is 0 Å². The Labute approximate surface area is 201 Å². The van der Waals surface area contributed by atoms with Crippen LogP contribution in [0.2, 0.25) is 0 Å². The van der Waals surface area contributed by atoms with E-state index in [2.05, 4.69) is 40.9 Å². The van der Waals surface area contributed by atoms with Gasteiger partial charge < -0.3 is 15.3 Å². The van der Waals surface area contributed by atoms with E-state index in [4.69, 9.17) is 0 Å². The van der Waals surface area contributed by atoms with Crippen molar-refractivity contribution >= 4 is 0 Å². The molecule has 0 aromatic carbocycles. The zero-order valence-electron chi connectivity index (χ0n) is 21.8. The molecule has 0 radical (unpaired) electrons. The maximum Gasteiger partial charge on any atom is 0.0852 e. The molecule has 5 aliphatic rings. The van der Waals surface area contributed by atoms with Crippen LogP contribution in [-0.2, 0) is 0 Å². The molecule has 0 unspecified atom stereocenters. The Balaban J connectivity index is 1.43. The van der Waals surface area contributed by atoms with Crippen LogP contribution in [0.15, 0.2) is 24.3 Å². The Morgan fingerprint density at radius 1 is 0.909 bits per heavy atom. The molecular weight excluding hydrogens is 408 g/mol. The summed E-state index contributed by atoms with van der Waals surface area (Å²) in [7, 11) is 0. The van der Waals surface area contributed by atoms with Crippen molar-refractivity contribution in [3.8, 4) is 0 Å². The highest BCUT2D eigenvalue weighted by Gasteiger charge is 2.83. The molecule has 3 heteroatoms. The van der Waals surface area contributed by atoms with Crippen LogP contribution in [0, 0.1) is 44.8 Å². The van der Waals surface area contributed by atoms with Gasteiger partial charge in [0.05, 0.1) is 18.3 Å². The molecule has 0 heterocycles. The van der Waals surface area contributed by atoms with Crippen molar-refractivity contribution in [1.82, 2.24) is 0 Å². The van der Waals surface area contributed by atoms with Gasteiger partial charge in [0.15, 0.2) is 0 Å². The molecule has 5 saturated carbocycles. The van der Waals surface area contributed by atoms with Gasteiger partial charge in [-0.25, -0.2) is 0 Å². The highest BCUT2D eigenvalue weighted by molar-refractivity contribution is 5.33. The number of hydrogen-bond acceptors (Lipinski definition) is 3. The van der Waals surface area contributed by atoms with Gasteiger partial charge in [0.25, 0.3) is 0 Å². The molecule has 33 heavy (non-hydrogen) atoms. The van der Waals surface area contributed by atoms with Crippen LogP contribution in [0.3, 0.4) is 0 Å². The normalized spacial score (nSPS) is 52.7. The van der Waals surface area contributed by atoms with Crippen LogP contribution in [0.4, 0.5) is 0 Å². The Kier molecular flexibility index (Phi) is 5.25. The summed E-state index contributed by atoms with van der Waals surface area (Å²) < 4.78 is 0. The molecule has 5 rings (SSSR count). The SMILES string of the molecule is C=C(C)CC[C@@H](O)C(=C)[C@H]1CC[C@@]2(C)[C@@H]3CC[C@H]4C(C)(C)[C@@H](O)[C@H](O)C[C@@]45C[C@@]35CC[C@]12C. The van der Waals surface area contributed by atoms with E-state index in [0.29, 0.717) is 23.2 Å². The number of fused-ring (bicyclic) bond motifs is 2. The van der Waals surface area contributed by atoms with Gasteiger partial charge in [-0.15, -0.1) is 6.58 Å². The number of aliphatic hydroxyl groups is 3. The van der Waals surface area contributed by atoms with Gasteiger partial charge in [-0.05, 0) is 122 Å². The number of allylic oxidation sites excluding steroid dienone is 1. The smallest absolute Gasteiger partial charge is 0.0852 e. The van der Waals surface area contributed by atoms with Crippen LogP contribution >= 0.6 is 0 Å². The van der Waals surface area contributed by atoms with Gasteiger partial charge in [-0.3, -0.25) is 0 Å². The molecule has 3 nitrogen and oxygen atoms in total. The van der Waals surface area contributed by atoms with Crippen molar-refractivity contribution in [3.05, 3.63) is 24.3 Å². The number of rotatable bonds is 5. The molecule has 0 aliphatic heterocycles. The highest BCUT2D eigenvalue weighted by Crippen LogP contribution is 2.89. The van der Waals surface area contributed by atoms with Gasteiger partial charge >= 0.3 is 0 Å². The van der Waals surface area contributed by atoms with Gasteiger partial charge in [0.2, 0.25) is 0 Å². The summed E-state index contributed by atoms with van der Waals surface area (Å²) in [6, 6.07) is 0. The second kappa shape index (κ2) is 7.20. The number of aliphatic hydroxyl groups excluding tert-OH is 3. The van der Waals surface area contributed by atoms with Crippen molar-refractivity contribution < 1.29 is 15.3 Å². The molecule has 0 aromatic rings. The van der Waals surface area contributed by atoms with E-state index < -0.39 is 18.3 Å². The highest BCUT2D eigenvalue weighted by atomic mass is 16.3. The van der Waals surface area contributed by atoms with Crippen molar-refractivity contribution in [2.75, 3.05) is 0 Å². The lowest BCUT2D eigenvalue weighted by Crippen LogP contribution is -2.60. The molecule has 3 N–H and O–H groups in total. The summed E-state index contributed by atoms with van der Waals surface area (Å²) in [5, 5.41) is 32.7. The Morgan fingerprint density at radius 3 is 2.24 bits per heavy atom. The summed E-state index contributed by atoms with van der Waals surface area (Å²) in [4.78, 5) is 0. The number of hydrogen-bond donors (Lipinski definition) is 3. The van der Waals surface area contributed by atoms with Crippen LogP contribution < -0.4 is 0 Å².